The molecule has 0 aromatic heterocycles. The Labute approximate surface area is 103 Å². The van der Waals surface area contributed by atoms with E-state index in [0.29, 0.717) is 0 Å². The highest BCUT2D eigenvalue weighted by molar-refractivity contribution is 6.50. The van der Waals surface area contributed by atoms with E-state index >= 15 is 0 Å². The smallest absolute Gasteiger partial charge is 0.418 e. The molecule has 0 amide bonds. The van der Waals surface area contributed by atoms with E-state index in [0.717, 1.165) is 18.8 Å². The molecule has 0 spiro atoms. The molecule has 0 saturated carbocycles. The summed E-state index contributed by atoms with van der Waals surface area (Å²) in [4.78, 5) is 2.28. The van der Waals surface area contributed by atoms with Gasteiger partial charge in [0.05, 0.1) is 0 Å². The molecule has 0 aliphatic heterocycles. The van der Waals surface area contributed by atoms with E-state index in [1.165, 1.54) is 5.69 Å². The van der Waals surface area contributed by atoms with Crippen LogP contribution in [0.5, 0.6) is 0 Å². The first-order chi connectivity index (χ1) is 8.31. The molecule has 0 heterocycles. The van der Waals surface area contributed by atoms with Crippen molar-refractivity contribution in [1.82, 2.24) is 0 Å². The molecule has 8 heteroatoms. The van der Waals surface area contributed by atoms with Crippen molar-refractivity contribution in [3.05, 3.63) is 24.3 Å². The van der Waals surface area contributed by atoms with Gasteiger partial charge in [0, 0.05) is 18.8 Å². The van der Waals surface area contributed by atoms with Gasteiger partial charge in [-0.1, -0.05) is 0 Å². The van der Waals surface area contributed by atoms with Gasteiger partial charge in [0.15, 0.2) is 0 Å². The van der Waals surface area contributed by atoms with Gasteiger partial charge in [-0.15, -0.1) is 0 Å². The van der Waals surface area contributed by atoms with Crippen LogP contribution in [0.1, 0.15) is 13.8 Å². The lowest BCUT2D eigenvalue weighted by Crippen LogP contribution is -2.22. The van der Waals surface area contributed by atoms with Gasteiger partial charge in [-0.25, -0.2) is 0 Å². The molecule has 1 rings (SSSR count). The highest BCUT2D eigenvalue weighted by atomic mass is 19.5. The number of rotatable bonds is 4. The first kappa shape index (κ1) is 16.4. The van der Waals surface area contributed by atoms with Crippen molar-refractivity contribution < 1.29 is 22.8 Å². The summed E-state index contributed by atoms with van der Waals surface area (Å²) in [5, 5.41) is 3.60. The van der Waals surface area contributed by atoms with Crippen LogP contribution in [0.15, 0.2) is 29.4 Å². The zero-order chi connectivity index (χ0) is 14.2. The molecule has 0 aliphatic rings. The highest BCUT2D eigenvalue weighted by Crippen LogP contribution is 2.18. The largest absolute Gasteiger partial charge is 0.673 e. The third kappa shape index (κ3) is 7.64. The van der Waals surface area contributed by atoms with Crippen LogP contribution >= 0.6 is 0 Å². The molecule has 0 aliphatic carbocycles. The molecule has 0 unspecified atom stereocenters. The van der Waals surface area contributed by atoms with E-state index < -0.39 is 7.25 Å². The van der Waals surface area contributed by atoms with E-state index in [-0.39, 0.29) is 0 Å². The van der Waals surface area contributed by atoms with Gasteiger partial charge in [-0.05, 0) is 43.2 Å². The molecule has 102 valence electrons. The Bertz CT molecular complexity index is 343. The van der Waals surface area contributed by atoms with E-state index in [2.05, 4.69) is 23.9 Å². The SMILES string of the molecule is CCN(CC)c1ccc(N=[NH2+])cc1.F[B-](F)(F)F. The van der Waals surface area contributed by atoms with Crippen LogP contribution in [0.2, 0.25) is 0 Å². The first-order valence-electron chi connectivity index (χ1n) is 5.45. The molecular formula is C10H16BF4N3. The number of hydrogen-bond donors (Lipinski definition) is 1. The lowest BCUT2D eigenvalue weighted by atomic mass is 10.2. The molecule has 1 aromatic rings. The molecule has 0 bridgehead atoms. The summed E-state index contributed by atoms with van der Waals surface area (Å²) in [5.41, 5.74) is 7.19. The molecule has 0 saturated heterocycles. The van der Waals surface area contributed by atoms with Crippen molar-refractivity contribution in [2.45, 2.75) is 13.8 Å². The quantitative estimate of drug-likeness (QED) is 0.507. The summed E-state index contributed by atoms with van der Waals surface area (Å²) in [6.45, 7) is 6.33. The maximum Gasteiger partial charge on any atom is 0.673 e. The molecule has 0 atom stereocenters. The van der Waals surface area contributed by atoms with E-state index in [9.17, 15) is 17.3 Å². The minimum Gasteiger partial charge on any atom is -0.418 e. The second-order valence-corrected chi connectivity index (χ2v) is 3.31. The van der Waals surface area contributed by atoms with E-state index in [1.807, 2.05) is 24.3 Å². The predicted octanol–water partition coefficient (Wildman–Crippen LogP) is 2.68. The summed E-state index contributed by atoms with van der Waals surface area (Å²) in [7, 11) is -6.00. The fourth-order valence-corrected chi connectivity index (χ4v) is 1.34. The summed E-state index contributed by atoms with van der Waals surface area (Å²) in [6, 6.07) is 7.93. The Morgan fingerprint density at radius 3 is 1.72 bits per heavy atom. The van der Waals surface area contributed by atoms with Crippen molar-refractivity contribution in [3.63, 3.8) is 0 Å². The fourth-order valence-electron chi connectivity index (χ4n) is 1.34. The molecule has 0 radical (unpaired) electrons. The number of hydrogen-bond acceptors (Lipinski definition) is 2. The molecule has 2 N–H and O–H groups in total. The van der Waals surface area contributed by atoms with Gasteiger partial charge < -0.3 is 22.2 Å². The molecule has 0 fully saturated rings. The minimum atomic E-state index is -6.00. The van der Waals surface area contributed by atoms with Crippen LogP contribution in [0.3, 0.4) is 0 Å². The second-order valence-electron chi connectivity index (χ2n) is 3.31. The van der Waals surface area contributed by atoms with Crippen LogP contribution in [0.4, 0.5) is 28.6 Å². The molecular weight excluding hydrogens is 249 g/mol. The van der Waals surface area contributed by atoms with Gasteiger partial charge >= 0.3 is 7.25 Å². The third-order valence-corrected chi connectivity index (χ3v) is 2.13. The lowest BCUT2D eigenvalue weighted by Gasteiger charge is -2.20. The van der Waals surface area contributed by atoms with Gasteiger partial charge in [-0.2, -0.15) is 5.53 Å². The standard InChI is InChI=1S/C10H15N3.BF4/c1-3-13(4-2)10-7-5-9(12-11)6-8-10;2-1(3,4)5/h5-8,11H,3-4H2,1-2H3;/q;-1/p+1. The zero-order valence-electron chi connectivity index (χ0n) is 10.3. The monoisotopic (exact) mass is 265 g/mol. The maximum atomic E-state index is 9.75. The Kier molecular flexibility index (Phi) is 7.00. The molecule has 3 nitrogen and oxygen atoms in total. The first-order valence-corrected chi connectivity index (χ1v) is 5.45. The van der Waals surface area contributed by atoms with Crippen molar-refractivity contribution in [3.8, 4) is 0 Å². The summed E-state index contributed by atoms with van der Waals surface area (Å²) in [6.07, 6.45) is 0. The average molecular weight is 265 g/mol. The normalized spacial score (nSPS) is 10.3. The Hall–Kier alpha value is -1.60. The van der Waals surface area contributed by atoms with Gasteiger partial charge in [0.1, 0.15) is 5.69 Å². The predicted molar refractivity (Wildman–Crippen MR) is 64.2 cm³/mol. The second kappa shape index (κ2) is 7.68. The van der Waals surface area contributed by atoms with Crippen LogP contribution in [-0.2, 0) is 0 Å². The van der Waals surface area contributed by atoms with E-state index in [4.69, 9.17) is 5.53 Å². The van der Waals surface area contributed by atoms with Crippen LogP contribution in [0.25, 0.3) is 0 Å². The summed E-state index contributed by atoms with van der Waals surface area (Å²) < 4.78 is 39.0. The Morgan fingerprint density at radius 2 is 1.44 bits per heavy atom. The van der Waals surface area contributed by atoms with Crippen LogP contribution in [-0.4, -0.2) is 20.3 Å². The average Bonchev–Trinajstić information content (AvgIpc) is 2.29. The van der Waals surface area contributed by atoms with Crippen molar-refractivity contribution >= 4 is 18.6 Å². The maximum absolute atomic E-state index is 9.75. The van der Waals surface area contributed by atoms with Crippen LogP contribution < -0.4 is 10.4 Å². The fraction of sp³-hybridized carbons (Fsp3) is 0.400. The topological polar surface area (TPSA) is 41.2 Å². The van der Waals surface area contributed by atoms with Crippen molar-refractivity contribution in [2.75, 3.05) is 18.0 Å². The van der Waals surface area contributed by atoms with Gasteiger partial charge in [0.25, 0.3) is 0 Å². The third-order valence-electron chi connectivity index (χ3n) is 2.13. The van der Waals surface area contributed by atoms with Gasteiger partial charge in [0.2, 0.25) is 0 Å². The van der Waals surface area contributed by atoms with Gasteiger partial charge in [-0.3, -0.25) is 0 Å². The van der Waals surface area contributed by atoms with Crippen molar-refractivity contribution in [2.24, 2.45) is 5.11 Å². The molecule has 18 heavy (non-hydrogen) atoms. The summed E-state index contributed by atoms with van der Waals surface area (Å²) in [5.74, 6) is 0. The lowest BCUT2D eigenvalue weighted by molar-refractivity contribution is -0.210. The zero-order valence-corrected chi connectivity index (χ0v) is 10.3. The Morgan fingerprint density at radius 1 is 1.06 bits per heavy atom. The minimum absolute atomic E-state index is 0.816. The highest BCUT2D eigenvalue weighted by Gasteiger charge is 2.20. The van der Waals surface area contributed by atoms with E-state index in [1.54, 1.807) is 0 Å². The number of nitrogens with zero attached hydrogens (tertiary/aromatic N) is 2. The van der Waals surface area contributed by atoms with Crippen LogP contribution in [0, 0.1) is 0 Å². The number of anilines is 1. The molecule has 1 aromatic carbocycles. The number of halogens is 4. The number of nitrogens with two attached hydrogens (primary N) is 1. The summed E-state index contributed by atoms with van der Waals surface area (Å²) >= 11 is 0. The van der Waals surface area contributed by atoms with Crippen molar-refractivity contribution in [1.29, 1.82) is 0 Å². The number of benzene rings is 1. The Balaban J connectivity index is 0.000000494.